The van der Waals surface area contributed by atoms with Crippen LogP contribution in [0.25, 0.3) is 5.57 Å². The molecule has 1 aromatic carbocycles. The molecule has 82 valence electrons. The number of para-hydroxylation sites is 1. The van der Waals surface area contributed by atoms with Gasteiger partial charge in [-0.05, 0) is 18.1 Å². The SMILES string of the molecule is C=C1CCNc2ccccc21.CCCC. The van der Waals surface area contributed by atoms with E-state index in [1.165, 1.54) is 29.7 Å². The molecule has 1 nitrogen and oxygen atoms in total. The lowest BCUT2D eigenvalue weighted by molar-refractivity contribution is 0.886. The lowest BCUT2D eigenvalue weighted by atomic mass is 9.99. The van der Waals surface area contributed by atoms with Gasteiger partial charge in [-0.2, -0.15) is 0 Å². The molecule has 0 bridgehead atoms. The second-order valence-electron chi connectivity index (χ2n) is 3.83. The molecule has 0 aliphatic carbocycles. The van der Waals surface area contributed by atoms with Crippen molar-refractivity contribution in [3.63, 3.8) is 0 Å². The van der Waals surface area contributed by atoms with E-state index in [1.54, 1.807) is 0 Å². The van der Waals surface area contributed by atoms with Crippen LogP contribution in [0, 0.1) is 0 Å². The average Bonchev–Trinajstić information content (AvgIpc) is 2.30. The quantitative estimate of drug-likeness (QED) is 0.716. The highest BCUT2D eigenvalue weighted by molar-refractivity contribution is 5.77. The number of hydrogen-bond donors (Lipinski definition) is 1. The fourth-order valence-corrected chi connectivity index (χ4v) is 1.43. The number of nitrogens with one attached hydrogen (secondary N) is 1. The van der Waals surface area contributed by atoms with Crippen molar-refractivity contribution in [2.75, 3.05) is 11.9 Å². The molecule has 1 aromatic rings. The van der Waals surface area contributed by atoms with Crippen LogP contribution in [0.3, 0.4) is 0 Å². The summed E-state index contributed by atoms with van der Waals surface area (Å²) in [6, 6.07) is 8.31. The summed E-state index contributed by atoms with van der Waals surface area (Å²) in [5, 5.41) is 3.33. The minimum absolute atomic E-state index is 1.02. The standard InChI is InChI=1S/C10H11N.C4H10/c1-8-6-7-11-10-5-3-2-4-9(8)10;1-3-4-2/h2-5,11H,1,6-7H2;3-4H2,1-2H3. The third-order valence-corrected chi connectivity index (χ3v) is 2.55. The third kappa shape index (κ3) is 3.43. The van der Waals surface area contributed by atoms with Gasteiger partial charge in [-0.15, -0.1) is 0 Å². The second kappa shape index (κ2) is 6.28. The predicted octanol–water partition coefficient (Wildman–Crippen LogP) is 4.32. The first-order chi connectivity index (χ1) is 7.29. The molecule has 0 spiro atoms. The van der Waals surface area contributed by atoms with Gasteiger partial charge in [0.2, 0.25) is 0 Å². The van der Waals surface area contributed by atoms with E-state index in [9.17, 15) is 0 Å². The second-order valence-corrected chi connectivity index (χ2v) is 3.83. The zero-order valence-electron chi connectivity index (χ0n) is 9.84. The Hall–Kier alpha value is -1.24. The summed E-state index contributed by atoms with van der Waals surface area (Å²) < 4.78 is 0. The first-order valence-electron chi connectivity index (χ1n) is 5.80. The molecule has 2 rings (SSSR count). The molecule has 15 heavy (non-hydrogen) atoms. The van der Waals surface area contributed by atoms with Crippen molar-refractivity contribution < 1.29 is 0 Å². The summed E-state index contributed by atoms with van der Waals surface area (Å²) in [7, 11) is 0. The zero-order valence-corrected chi connectivity index (χ0v) is 9.84. The predicted molar refractivity (Wildman–Crippen MR) is 69.2 cm³/mol. The van der Waals surface area contributed by atoms with Crippen LogP contribution >= 0.6 is 0 Å². The smallest absolute Gasteiger partial charge is 0.0416 e. The van der Waals surface area contributed by atoms with Crippen LogP contribution in [0.5, 0.6) is 0 Å². The van der Waals surface area contributed by atoms with Gasteiger partial charge in [-0.25, -0.2) is 0 Å². The van der Waals surface area contributed by atoms with Crippen LogP contribution in [0.15, 0.2) is 30.8 Å². The molecule has 0 amide bonds. The normalized spacial score (nSPS) is 13.3. The molecule has 0 radical (unpaired) electrons. The van der Waals surface area contributed by atoms with E-state index in [0.717, 1.165) is 13.0 Å². The summed E-state index contributed by atoms with van der Waals surface area (Å²) in [6.45, 7) is 9.40. The Morgan fingerprint density at radius 3 is 2.47 bits per heavy atom. The van der Waals surface area contributed by atoms with Gasteiger partial charge in [0.15, 0.2) is 0 Å². The van der Waals surface area contributed by atoms with Crippen molar-refractivity contribution in [2.45, 2.75) is 33.1 Å². The first kappa shape index (κ1) is 11.8. The van der Waals surface area contributed by atoms with Crippen molar-refractivity contribution >= 4 is 11.3 Å². The van der Waals surface area contributed by atoms with E-state index in [0.29, 0.717) is 0 Å². The number of unbranched alkanes of at least 4 members (excludes halogenated alkanes) is 1. The number of hydrogen-bond acceptors (Lipinski definition) is 1. The monoisotopic (exact) mass is 203 g/mol. The average molecular weight is 203 g/mol. The van der Waals surface area contributed by atoms with Crippen LogP contribution in [0.1, 0.15) is 38.7 Å². The van der Waals surface area contributed by atoms with Gasteiger partial charge in [0.1, 0.15) is 0 Å². The molecule has 0 saturated carbocycles. The highest BCUT2D eigenvalue weighted by Crippen LogP contribution is 2.28. The lowest BCUT2D eigenvalue weighted by Gasteiger charge is -2.19. The summed E-state index contributed by atoms with van der Waals surface area (Å²) in [5.41, 5.74) is 3.75. The van der Waals surface area contributed by atoms with Crippen molar-refractivity contribution in [1.29, 1.82) is 0 Å². The van der Waals surface area contributed by atoms with E-state index < -0.39 is 0 Å². The van der Waals surface area contributed by atoms with E-state index in [1.807, 2.05) is 6.07 Å². The molecule has 1 heteroatoms. The van der Waals surface area contributed by atoms with E-state index in [2.05, 4.69) is 43.9 Å². The highest BCUT2D eigenvalue weighted by Gasteiger charge is 2.09. The summed E-state index contributed by atoms with van der Waals surface area (Å²) in [6.07, 6.45) is 3.71. The minimum Gasteiger partial charge on any atom is -0.384 e. The van der Waals surface area contributed by atoms with E-state index >= 15 is 0 Å². The summed E-state index contributed by atoms with van der Waals surface area (Å²) >= 11 is 0. The van der Waals surface area contributed by atoms with Crippen LogP contribution < -0.4 is 5.32 Å². The maximum atomic E-state index is 4.02. The Labute approximate surface area is 93.2 Å². The molecule has 0 aromatic heterocycles. The molecule has 1 aliphatic heterocycles. The Balaban J connectivity index is 0.000000245. The Morgan fingerprint density at radius 1 is 1.20 bits per heavy atom. The molecule has 0 unspecified atom stereocenters. The van der Waals surface area contributed by atoms with Crippen LogP contribution in [0.4, 0.5) is 5.69 Å². The lowest BCUT2D eigenvalue weighted by Crippen LogP contribution is -2.09. The van der Waals surface area contributed by atoms with Gasteiger partial charge in [0.05, 0.1) is 0 Å². The van der Waals surface area contributed by atoms with Crippen molar-refractivity contribution in [2.24, 2.45) is 0 Å². The summed E-state index contributed by atoms with van der Waals surface area (Å²) in [5.74, 6) is 0. The number of anilines is 1. The van der Waals surface area contributed by atoms with Crippen molar-refractivity contribution in [1.82, 2.24) is 0 Å². The van der Waals surface area contributed by atoms with Gasteiger partial charge in [-0.3, -0.25) is 0 Å². The van der Waals surface area contributed by atoms with E-state index in [4.69, 9.17) is 0 Å². The molecule has 0 saturated heterocycles. The topological polar surface area (TPSA) is 12.0 Å². The maximum Gasteiger partial charge on any atom is 0.0416 e. The molecule has 1 N–H and O–H groups in total. The zero-order chi connectivity index (χ0) is 11.1. The van der Waals surface area contributed by atoms with Crippen LogP contribution in [-0.2, 0) is 0 Å². The van der Waals surface area contributed by atoms with Gasteiger partial charge in [0.25, 0.3) is 0 Å². The van der Waals surface area contributed by atoms with Gasteiger partial charge in [-0.1, -0.05) is 51.5 Å². The number of benzene rings is 1. The molecule has 0 fully saturated rings. The van der Waals surface area contributed by atoms with Gasteiger partial charge >= 0.3 is 0 Å². The Morgan fingerprint density at radius 2 is 1.87 bits per heavy atom. The Bertz CT molecular complexity index is 313. The largest absolute Gasteiger partial charge is 0.384 e. The fraction of sp³-hybridized carbons (Fsp3) is 0.429. The molecular formula is C14H21N. The third-order valence-electron chi connectivity index (χ3n) is 2.55. The Kier molecular flexibility index (Phi) is 4.96. The molecule has 1 aliphatic rings. The fourth-order valence-electron chi connectivity index (χ4n) is 1.43. The van der Waals surface area contributed by atoms with Crippen LogP contribution in [-0.4, -0.2) is 6.54 Å². The summed E-state index contributed by atoms with van der Waals surface area (Å²) in [4.78, 5) is 0. The highest BCUT2D eigenvalue weighted by atomic mass is 14.9. The first-order valence-corrected chi connectivity index (χ1v) is 5.80. The maximum absolute atomic E-state index is 4.02. The number of rotatable bonds is 1. The minimum atomic E-state index is 1.02. The molecule has 0 atom stereocenters. The molecule has 1 heterocycles. The van der Waals surface area contributed by atoms with Crippen molar-refractivity contribution in [3.05, 3.63) is 36.4 Å². The molecular weight excluding hydrogens is 182 g/mol. The van der Waals surface area contributed by atoms with Gasteiger partial charge < -0.3 is 5.32 Å². The van der Waals surface area contributed by atoms with Gasteiger partial charge in [0, 0.05) is 17.8 Å². The van der Waals surface area contributed by atoms with Crippen LogP contribution in [0.2, 0.25) is 0 Å². The van der Waals surface area contributed by atoms with E-state index in [-0.39, 0.29) is 0 Å². The number of fused-ring (bicyclic) bond motifs is 1. The van der Waals surface area contributed by atoms with Crippen molar-refractivity contribution in [3.8, 4) is 0 Å².